The van der Waals surface area contributed by atoms with Crippen LogP contribution in [0.4, 0.5) is 5.69 Å². The van der Waals surface area contributed by atoms with Crippen LogP contribution in [0.5, 0.6) is 0 Å². The molecule has 0 saturated heterocycles. The van der Waals surface area contributed by atoms with Crippen molar-refractivity contribution in [3.63, 3.8) is 0 Å². The van der Waals surface area contributed by atoms with Crippen molar-refractivity contribution in [3.05, 3.63) is 82.7 Å². The molecular weight excluding hydrogens is 394 g/mol. The number of ketones is 1. The average Bonchev–Trinajstić information content (AvgIpc) is 3.17. The molecule has 0 atom stereocenters. The van der Waals surface area contributed by atoms with Crippen molar-refractivity contribution in [2.45, 2.75) is 5.03 Å². The molecule has 0 unspecified atom stereocenters. The van der Waals surface area contributed by atoms with E-state index >= 15 is 0 Å². The molecule has 28 heavy (non-hydrogen) atoms. The Bertz CT molecular complexity index is 1180. The highest BCUT2D eigenvalue weighted by Crippen LogP contribution is 2.36. The summed E-state index contributed by atoms with van der Waals surface area (Å²) in [4.78, 5) is 33.5. The monoisotopic (exact) mass is 407 g/mol. The fourth-order valence-electron chi connectivity index (χ4n) is 2.70. The van der Waals surface area contributed by atoms with Crippen LogP contribution in [0.3, 0.4) is 0 Å². The van der Waals surface area contributed by atoms with Gasteiger partial charge in [-0.05, 0) is 11.6 Å². The summed E-state index contributed by atoms with van der Waals surface area (Å²) >= 11 is 2.89. The molecule has 8 heteroatoms. The van der Waals surface area contributed by atoms with E-state index < -0.39 is 4.92 Å². The predicted molar refractivity (Wildman–Crippen MR) is 111 cm³/mol. The molecule has 0 fully saturated rings. The topological polar surface area (TPSA) is 86.0 Å². The first-order chi connectivity index (χ1) is 13.6. The number of hydrogen-bond donors (Lipinski definition) is 0. The number of fused-ring (bicyclic) bond motifs is 1. The van der Waals surface area contributed by atoms with Gasteiger partial charge in [0.25, 0.3) is 5.69 Å². The van der Waals surface area contributed by atoms with Gasteiger partial charge < -0.3 is 0 Å². The third kappa shape index (κ3) is 3.78. The maximum atomic E-state index is 12.5. The minimum absolute atomic E-state index is 0.0920. The van der Waals surface area contributed by atoms with Crippen molar-refractivity contribution in [1.29, 1.82) is 0 Å². The summed E-state index contributed by atoms with van der Waals surface area (Å²) in [5.74, 6) is -0.0388. The molecule has 2 aromatic carbocycles. The standard InChI is InChI=1S/C20H13N3O3S2/c24-17(14-7-4-8-15(9-14)23(25)26)11-27-19-16-10-18(13-5-2-1-3-6-13)28-20(16)22-12-21-19/h1-10,12H,11H2. The van der Waals surface area contributed by atoms with E-state index in [1.807, 2.05) is 36.4 Å². The van der Waals surface area contributed by atoms with E-state index in [0.717, 1.165) is 25.7 Å². The van der Waals surface area contributed by atoms with E-state index in [0.29, 0.717) is 5.56 Å². The minimum Gasteiger partial charge on any atom is -0.293 e. The molecule has 138 valence electrons. The number of rotatable bonds is 6. The molecule has 2 heterocycles. The van der Waals surface area contributed by atoms with Gasteiger partial charge in [-0.2, -0.15) is 0 Å². The Hall–Kier alpha value is -3.10. The van der Waals surface area contributed by atoms with Gasteiger partial charge in [0.15, 0.2) is 5.78 Å². The first-order valence-corrected chi connectivity index (χ1v) is 10.1. The maximum Gasteiger partial charge on any atom is 0.270 e. The number of Topliss-reactive ketones (excluding diaryl/α,β-unsaturated/α-hetero) is 1. The fraction of sp³-hybridized carbons (Fsp3) is 0.0500. The Morgan fingerprint density at radius 2 is 1.89 bits per heavy atom. The normalized spacial score (nSPS) is 10.9. The van der Waals surface area contributed by atoms with Crippen molar-refractivity contribution in [2.75, 3.05) is 5.75 Å². The smallest absolute Gasteiger partial charge is 0.270 e. The summed E-state index contributed by atoms with van der Waals surface area (Å²) in [6.07, 6.45) is 1.49. The lowest BCUT2D eigenvalue weighted by Gasteiger charge is -2.02. The zero-order chi connectivity index (χ0) is 19.5. The summed E-state index contributed by atoms with van der Waals surface area (Å²) in [6.45, 7) is 0. The molecule has 0 aliphatic carbocycles. The summed E-state index contributed by atoms with van der Waals surface area (Å²) in [6, 6.07) is 17.8. The van der Waals surface area contributed by atoms with Gasteiger partial charge in [0, 0.05) is 28.0 Å². The molecule has 0 aliphatic heterocycles. The molecule has 0 aliphatic rings. The quantitative estimate of drug-likeness (QED) is 0.143. The van der Waals surface area contributed by atoms with Gasteiger partial charge in [-0.25, -0.2) is 9.97 Å². The Kier molecular flexibility index (Phi) is 5.14. The number of carbonyl (C=O) groups excluding carboxylic acids is 1. The Balaban J connectivity index is 1.57. The van der Waals surface area contributed by atoms with Gasteiger partial charge in [0.05, 0.1) is 10.7 Å². The largest absolute Gasteiger partial charge is 0.293 e. The average molecular weight is 407 g/mol. The highest BCUT2D eigenvalue weighted by atomic mass is 32.2. The zero-order valence-corrected chi connectivity index (χ0v) is 16.1. The van der Waals surface area contributed by atoms with E-state index in [1.165, 1.54) is 36.3 Å². The van der Waals surface area contributed by atoms with Gasteiger partial charge >= 0.3 is 0 Å². The Labute approximate surface area is 168 Å². The molecule has 0 N–H and O–H groups in total. The van der Waals surface area contributed by atoms with Crippen molar-refractivity contribution in [2.24, 2.45) is 0 Å². The lowest BCUT2D eigenvalue weighted by atomic mass is 10.1. The lowest BCUT2D eigenvalue weighted by molar-refractivity contribution is -0.384. The highest BCUT2D eigenvalue weighted by Gasteiger charge is 2.15. The maximum absolute atomic E-state index is 12.5. The molecule has 0 bridgehead atoms. The third-order valence-electron chi connectivity index (χ3n) is 4.07. The number of non-ortho nitro benzene ring substituents is 1. The van der Waals surface area contributed by atoms with Crippen LogP contribution < -0.4 is 0 Å². The van der Waals surface area contributed by atoms with Crippen LogP contribution in [0.25, 0.3) is 20.7 Å². The molecule has 4 rings (SSSR count). The molecule has 4 aromatic rings. The number of nitro benzene ring substituents is 1. The summed E-state index contributed by atoms with van der Waals surface area (Å²) < 4.78 is 0. The van der Waals surface area contributed by atoms with Gasteiger partial charge in [-0.3, -0.25) is 14.9 Å². The number of thiophene rings is 1. The SMILES string of the molecule is O=C(CSc1ncnc2sc(-c3ccccc3)cc12)c1cccc([N+](=O)[O-])c1. The summed E-state index contributed by atoms with van der Waals surface area (Å²) in [7, 11) is 0. The lowest BCUT2D eigenvalue weighted by Crippen LogP contribution is -2.03. The Morgan fingerprint density at radius 3 is 2.68 bits per heavy atom. The zero-order valence-electron chi connectivity index (χ0n) is 14.4. The van der Waals surface area contributed by atoms with Crippen LogP contribution in [0.15, 0.2) is 72.0 Å². The molecular formula is C20H13N3O3S2. The van der Waals surface area contributed by atoms with Gasteiger partial charge in [-0.1, -0.05) is 54.2 Å². The number of carbonyl (C=O) groups is 1. The summed E-state index contributed by atoms with van der Waals surface area (Å²) in [5, 5.41) is 12.5. The van der Waals surface area contributed by atoms with Gasteiger partial charge in [-0.15, -0.1) is 11.3 Å². The van der Waals surface area contributed by atoms with Crippen molar-refractivity contribution in [1.82, 2.24) is 9.97 Å². The van der Waals surface area contributed by atoms with Crippen molar-refractivity contribution < 1.29 is 9.72 Å². The van der Waals surface area contributed by atoms with Crippen molar-refractivity contribution in [3.8, 4) is 10.4 Å². The van der Waals surface area contributed by atoms with Crippen LogP contribution in [-0.2, 0) is 0 Å². The first kappa shape index (κ1) is 18.3. The van der Waals surface area contributed by atoms with Crippen LogP contribution >= 0.6 is 23.1 Å². The molecule has 0 radical (unpaired) electrons. The second-order valence-corrected chi connectivity index (χ2v) is 7.89. The number of hydrogen-bond acceptors (Lipinski definition) is 7. The fourth-order valence-corrected chi connectivity index (χ4v) is 4.64. The second kappa shape index (κ2) is 7.87. The molecule has 0 saturated carbocycles. The van der Waals surface area contributed by atoms with E-state index in [9.17, 15) is 14.9 Å². The number of nitro groups is 1. The minimum atomic E-state index is -0.506. The number of aromatic nitrogens is 2. The number of nitrogens with zero attached hydrogens (tertiary/aromatic N) is 3. The summed E-state index contributed by atoms with van der Waals surface area (Å²) in [5.41, 5.74) is 1.34. The van der Waals surface area contributed by atoms with Gasteiger partial charge in [0.2, 0.25) is 0 Å². The second-order valence-electron chi connectivity index (χ2n) is 5.89. The van der Waals surface area contributed by atoms with E-state index in [-0.39, 0.29) is 17.2 Å². The highest BCUT2D eigenvalue weighted by molar-refractivity contribution is 8.00. The predicted octanol–water partition coefficient (Wildman–Crippen LogP) is 5.24. The van der Waals surface area contributed by atoms with E-state index in [4.69, 9.17) is 0 Å². The van der Waals surface area contributed by atoms with Crippen LogP contribution in [-0.4, -0.2) is 26.4 Å². The Morgan fingerprint density at radius 1 is 1.07 bits per heavy atom. The molecule has 0 amide bonds. The molecule has 6 nitrogen and oxygen atoms in total. The number of benzene rings is 2. The number of thioether (sulfide) groups is 1. The van der Waals surface area contributed by atoms with E-state index in [2.05, 4.69) is 9.97 Å². The molecule has 0 spiro atoms. The van der Waals surface area contributed by atoms with Gasteiger partial charge in [0.1, 0.15) is 16.2 Å². The van der Waals surface area contributed by atoms with Crippen LogP contribution in [0.2, 0.25) is 0 Å². The third-order valence-corrected chi connectivity index (χ3v) is 6.17. The van der Waals surface area contributed by atoms with E-state index in [1.54, 1.807) is 17.4 Å². The first-order valence-electron chi connectivity index (χ1n) is 8.32. The van der Waals surface area contributed by atoms with Crippen molar-refractivity contribution >= 4 is 44.8 Å². The van der Waals surface area contributed by atoms with Crippen LogP contribution in [0.1, 0.15) is 10.4 Å². The van der Waals surface area contributed by atoms with Crippen LogP contribution in [0, 0.1) is 10.1 Å². The molecule has 2 aromatic heterocycles.